The van der Waals surface area contributed by atoms with Crippen LogP contribution in [0.3, 0.4) is 0 Å². The number of carbonyl (C=O) groups is 1. The lowest BCUT2D eigenvalue weighted by molar-refractivity contribution is 0.100. The molecule has 1 amide bonds. The Labute approximate surface area is 177 Å². The third-order valence-electron chi connectivity index (χ3n) is 4.63. The zero-order valence-corrected chi connectivity index (χ0v) is 17.1. The van der Waals surface area contributed by atoms with Crippen molar-refractivity contribution in [2.75, 3.05) is 0 Å². The zero-order chi connectivity index (χ0) is 21.1. The quantitative estimate of drug-likeness (QED) is 0.458. The van der Waals surface area contributed by atoms with E-state index in [1.165, 1.54) is 23.9 Å². The van der Waals surface area contributed by atoms with Crippen LogP contribution in [0.2, 0.25) is 0 Å². The molecule has 2 N–H and O–H groups in total. The topological polar surface area (TPSA) is 73.8 Å². The fourth-order valence-corrected chi connectivity index (χ4v) is 3.90. The summed E-state index contributed by atoms with van der Waals surface area (Å²) < 4.78 is 15.4. The number of nitrogens with two attached hydrogens (primary N) is 1. The van der Waals surface area contributed by atoms with Crippen molar-refractivity contribution < 1.29 is 9.18 Å². The molecule has 5 nitrogen and oxygen atoms in total. The Hall–Kier alpha value is -3.45. The van der Waals surface area contributed by atoms with E-state index in [-0.39, 0.29) is 5.82 Å². The molecule has 1 heterocycles. The molecule has 0 radical (unpaired) electrons. The van der Waals surface area contributed by atoms with Gasteiger partial charge < -0.3 is 5.73 Å². The van der Waals surface area contributed by atoms with Crippen molar-refractivity contribution in [3.63, 3.8) is 0 Å². The molecule has 3 aromatic carbocycles. The average Bonchev–Trinajstić information content (AvgIpc) is 3.17. The van der Waals surface area contributed by atoms with Crippen molar-refractivity contribution in [2.24, 2.45) is 5.73 Å². The third kappa shape index (κ3) is 4.26. The second kappa shape index (κ2) is 8.51. The van der Waals surface area contributed by atoms with E-state index in [1.807, 2.05) is 47.9 Å². The summed E-state index contributed by atoms with van der Waals surface area (Å²) in [6, 6.07) is 21.5. The van der Waals surface area contributed by atoms with Gasteiger partial charge in [0.25, 0.3) is 0 Å². The molecule has 0 fully saturated rings. The van der Waals surface area contributed by atoms with Gasteiger partial charge in [0.05, 0.1) is 0 Å². The summed E-state index contributed by atoms with van der Waals surface area (Å²) in [4.78, 5) is 11.2. The molecule has 0 saturated heterocycles. The molecule has 0 spiro atoms. The van der Waals surface area contributed by atoms with Gasteiger partial charge in [0.1, 0.15) is 5.82 Å². The molecule has 0 aliphatic carbocycles. The second-order valence-corrected chi connectivity index (χ2v) is 7.78. The van der Waals surface area contributed by atoms with Crippen molar-refractivity contribution in [3.8, 4) is 17.1 Å². The molecule has 1 aromatic heterocycles. The lowest BCUT2D eigenvalue weighted by atomic mass is 10.1. The highest BCUT2D eigenvalue weighted by atomic mass is 32.2. The number of primary amides is 1. The molecule has 0 aliphatic heterocycles. The van der Waals surface area contributed by atoms with Crippen LogP contribution in [-0.2, 0) is 5.75 Å². The Bertz CT molecular complexity index is 1170. The molecule has 0 saturated carbocycles. The Morgan fingerprint density at radius 3 is 2.27 bits per heavy atom. The first-order valence-electron chi connectivity index (χ1n) is 9.31. The summed E-state index contributed by atoms with van der Waals surface area (Å²) in [5, 5.41) is 9.48. The summed E-state index contributed by atoms with van der Waals surface area (Å²) in [6.07, 6.45) is 0. The Morgan fingerprint density at radius 2 is 1.63 bits per heavy atom. The minimum absolute atomic E-state index is 0.299. The minimum atomic E-state index is -0.451. The first kappa shape index (κ1) is 19.8. The van der Waals surface area contributed by atoms with Gasteiger partial charge in [-0.2, -0.15) is 0 Å². The SMILES string of the molecule is Cc1ccc(-c2nnc(SCc3ccc(C(N)=O)cc3)n2-c2ccc(F)cc2)cc1. The maximum absolute atomic E-state index is 13.5. The Morgan fingerprint density at radius 1 is 0.967 bits per heavy atom. The van der Waals surface area contributed by atoms with Gasteiger partial charge in [-0.15, -0.1) is 10.2 Å². The van der Waals surface area contributed by atoms with Crippen LogP contribution in [0.4, 0.5) is 4.39 Å². The molecule has 0 aliphatic rings. The van der Waals surface area contributed by atoms with Gasteiger partial charge in [-0.05, 0) is 48.9 Å². The van der Waals surface area contributed by atoms with Crippen molar-refractivity contribution in [1.82, 2.24) is 14.8 Å². The number of carbonyl (C=O) groups excluding carboxylic acids is 1. The number of aromatic nitrogens is 3. The van der Waals surface area contributed by atoms with Crippen molar-refractivity contribution >= 4 is 17.7 Å². The van der Waals surface area contributed by atoms with Crippen molar-refractivity contribution in [2.45, 2.75) is 17.8 Å². The summed E-state index contributed by atoms with van der Waals surface area (Å²) in [5.74, 6) is 0.570. The summed E-state index contributed by atoms with van der Waals surface area (Å²) in [6.45, 7) is 2.03. The van der Waals surface area contributed by atoms with Crippen molar-refractivity contribution in [3.05, 3.63) is 95.3 Å². The summed E-state index contributed by atoms with van der Waals surface area (Å²) in [5.41, 5.74) is 9.65. The zero-order valence-electron chi connectivity index (χ0n) is 16.2. The van der Waals surface area contributed by atoms with Gasteiger partial charge >= 0.3 is 0 Å². The standard InChI is InChI=1S/C23H19FN4OS/c1-15-2-6-18(7-3-15)22-26-27-23(28(22)20-12-10-19(24)11-13-20)30-14-16-4-8-17(9-5-16)21(25)29/h2-13H,14H2,1H3,(H2,25,29). The van der Waals surface area contributed by atoms with Crippen LogP contribution in [0.15, 0.2) is 78.0 Å². The fourth-order valence-electron chi connectivity index (χ4n) is 2.99. The maximum Gasteiger partial charge on any atom is 0.248 e. The molecule has 0 bridgehead atoms. The van der Waals surface area contributed by atoms with E-state index in [9.17, 15) is 9.18 Å². The van der Waals surface area contributed by atoms with Crippen LogP contribution in [0, 0.1) is 12.7 Å². The average molecular weight is 418 g/mol. The predicted octanol–water partition coefficient (Wildman–Crippen LogP) is 4.77. The van der Waals surface area contributed by atoms with Gasteiger partial charge in [0, 0.05) is 22.6 Å². The van der Waals surface area contributed by atoms with E-state index in [4.69, 9.17) is 5.73 Å². The van der Waals surface area contributed by atoms with Crippen LogP contribution in [0.1, 0.15) is 21.5 Å². The van der Waals surface area contributed by atoms with E-state index in [0.29, 0.717) is 22.3 Å². The van der Waals surface area contributed by atoms with Gasteiger partial charge in [0.2, 0.25) is 5.91 Å². The molecule has 4 aromatic rings. The highest BCUT2D eigenvalue weighted by Crippen LogP contribution is 2.30. The lowest BCUT2D eigenvalue weighted by Crippen LogP contribution is -2.10. The molecule has 30 heavy (non-hydrogen) atoms. The van der Waals surface area contributed by atoms with Gasteiger partial charge in [-0.1, -0.05) is 53.7 Å². The minimum Gasteiger partial charge on any atom is -0.366 e. The van der Waals surface area contributed by atoms with E-state index in [2.05, 4.69) is 10.2 Å². The molecule has 7 heteroatoms. The lowest BCUT2D eigenvalue weighted by Gasteiger charge is -2.11. The van der Waals surface area contributed by atoms with Gasteiger partial charge in [-0.25, -0.2) is 4.39 Å². The first-order chi connectivity index (χ1) is 14.5. The van der Waals surface area contributed by atoms with E-state index >= 15 is 0 Å². The number of benzene rings is 3. The molecule has 150 valence electrons. The number of rotatable bonds is 6. The van der Waals surface area contributed by atoms with Crippen LogP contribution in [0.25, 0.3) is 17.1 Å². The third-order valence-corrected chi connectivity index (χ3v) is 5.63. The number of hydrogen-bond donors (Lipinski definition) is 1. The molecular weight excluding hydrogens is 399 g/mol. The summed E-state index contributed by atoms with van der Waals surface area (Å²) >= 11 is 1.51. The van der Waals surface area contributed by atoms with Crippen LogP contribution in [-0.4, -0.2) is 20.7 Å². The smallest absolute Gasteiger partial charge is 0.248 e. The number of amides is 1. The number of aryl methyl sites for hydroxylation is 1. The second-order valence-electron chi connectivity index (χ2n) is 6.83. The predicted molar refractivity (Wildman–Crippen MR) is 116 cm³/mol. The Kier molecular flexibility index (Phi) is 5.63. The highest BCUT2D eigenvalue weighted by Gasteiger charge is 2.16. The Balaban J connectivity index is 1.67. The van der Waals surface area contributed by atoms with Crippen molar-refractivity contribution in [1.29, 1.82) is 0 Å². The molecular formula is C23H19FN4OS. The van der Waals surface area contributed by atoms with Crippen LogP contribution < -0.4 is 5.73 Å². The van der Waals surface area contributed by atoms with Crippen LogP contribution in [0.5, 0.6) is 0 Å². The molecule has 0 unspecified atom stereocenters. The first-order valence-corrected chi connectivity index (χ1v) is 10.3. The molecule has 0 atom stereocenters. The highest BCUT2D eigenvalue weighted by molar-refractivity contribution is 7.98. The van der Waals surface area contributed by atoms with Gasteiger partial charge in [0.15, 0.2) is 11.0 Å². The number of nitrogens with zero attached hydrogens (tertiary/aromatic N) is 3. The number of halogens is 1. The number of hydrogen-bond acceptors (Lipinski definition) is 4. The van der Waals surface area contributed by atoms with Crippen LogP contribution >= 0.6 is 11.8 Å². The van der Waals surface area contributed by atoms with E-state index in [0.717, 1.165) is 22.4 Å². The normalized spacial score (nSPS) is 10.9. The van der Waals surface area contributed by atoms with E-state index in [1.54, 1.807) is 24.3 Å². The number of thioether (sulfide) groups is 1. The monoisotopic (exact) mass is 418 g/mol. The molecule has 4 rings (SSSR count). The largest absolute Gasteiger partial charge is 0.366 e. The fraction of sp³-hybridized carbons (Fsp3) is 0.0870. The maximum atomic E-state index is 13.5. The van der Waals surface area contributed by atoms with E-state index < -0.39 is 5.91 Å². The summed E-state index contributed by atoms with van der Waals surface area (Å²) in [7, 11) is 0. The van der Waals surface area contributed by atoms with Gasteiger partial charge in [-0.3, -0.25) is 9.36 Å².